The van der Waals surface area contributed by atoms with Gasteiger partial charge >= 0.3 is 5.76 Å². The number of aryl methyl sites for hydroxylation is 1. The van der Waals surface area contributed by atoms with Crippen LogP contribution in [0.5, 0.6) is 11.5 Å². The average Bonchev–Trinajstić information content (AvgIpc) is 3.22. The molecule has 0 bridgehead atoms. The Morgan fingerprint density at radius 1 is 1.04 bits per heavy atom. The molecule has 1 aromatic heterocycles. The van der Waals surface area contributed by atoms with Gasteiger partial charge < -0.3 is 13.9 Å². The highest BCUT2D eigenvalue weighted by Gasteiger charge is 2.30. The summed E-state index contributed by atoms with van der Waals surface area (Å²) < 4.78 is 44.9. The van der Waals surface area contributed by atoms with Crippen LogP contribution in [-0.2, 0) is 30.0 Å². The lowest BCUT2D eigenvalue weighted by Gasteiger charge is -2.28. The van der Waals surface area contributed by atoms with Gasteiger partial charge in [0.15, 0.2) is 17.1 Å². The summed E-state index contributed by atoms with van der Waals surface area (Å²) in [5.41, 5.74) is 2.77. The lowest BCUT2D eigenvalue weighted by Crippen LogP contribution is -2.35. The Bertz CT molecular complexity index is 1240. The minimum Gasteiger partial charge on any atom is -0.454 e. The first-order chi connectivity index (χ1) is 12.9. The molecule has 0 saturated carbocycles. The number of hydrogen-bond acceptors (Lipinski definition) is 6. The van der Waals surface area contributed by atoms with E-state index in [1.54, 1.807) is 13.1 Å². The van der Waals surface area contributed by atoms with Gasteiger partial charge in [-0.1, -0.05) is 0 Å². The molecule has 3 heterocycles. The van der Waals surface area contributed by atoms with E-state index in [1.807, 2.05) is 12.1 Å². The van der Waals surface area contributed by atoms with Gasteiger partial charge in [-0.25, -0.2) is 13.2 Å². The van der Waals surface area contributed by atoms with Crippen molar-refractivity contribution in [1.29, 1.82) is 0 Å². The van der Waals surface area contributed by atoms with E-state index in [9.17, 15) is 13.2 Å². The Kier molecular flexibility index (Phi) is 3.40. The van der Waals surface area contributed by atoms with Crippen LogP contribution in [-0.4, -0.2) is 30.6 Å². The molecule has 0 fully saturated rings. The van der Waals surface area contributed by atoms with E-state index in [1.165, 1.54) is 21.0 Å². The number of nitrogens with zero attached hydrogens (tertiary/aromatic N) is 2. The van der Waals surface area contributed by atoms with Gasteiger partial charge in [0.05, 0.1) is 10.4 Å². The van der Waals surface area contributed by atoms with Crippen molar-refractivity contribution >= 4 is 21.1 Å². The second kappa shape index (κ2) is 5.61. The molecule has 0 radical (unpaired) electrons. The molecule has 0 aliphatic carbocycles. The molecule has 9 heteroatoms. The number of oxazole rings is 1. The molecule has 0 saturated heterocycles. The Morgan fingerprint density at radius 2 is 1.78 bits per heavy atom. The number of fused-ring (bicyclic) bond motifs is 3. The normalized spacial score (nSPS) is 16.6. The summed E-state index contributed by atoms with van der Waals surface area (Å²) in [6.45, 7) is 0.805. The summed E-state index contributed by atoms with van der Waals surface area (Å²) in [6.07, 6.45) is 0.591. The summed E-state index contributed by atoms with van der Waals surface area (Å²) in [7, 11) is -2.15. The summed E-state index contributed by atoms with van der Waals surface area (Å²) in [6, 6.07) is 8.26. The largest absolute Gasteiger partial charge is 0.454 e. The van der Waals surface area contributed by atoms with E-state index in [4.69, 9.17) is 13.9 Å². The summed E-state index contributed by atoms with van der Waals surface area (Å²) in [5.74, 6) is 0.817. The molecule has 0 atom stereocenters. The summed E-state index contributed by atoms with van der Waals surface area (Å²) >= 11 is 0. The highest BCUT2D eigenvalue weighted by Crippen LogP contribution is 2.37. The van der Waals surface area contributed by atoms with Crippen molar-refractivity contribution in [2.45, 2.75) is 17.9 Å². The maximum Gasteiger partial charge on any atom is 0.419 e. The smallest absolute Gasteiger partial charge is 0.419 e. The minimum atomic E-state index is -3.72. The lowest BCUT2D eigenvalue weighted by molar-refractivity contribution is 0.174. The average molecular weight is 388 g/mol. The minimum absolute atomic E-state index is 0.105. The van der Waals surface area contributed by atoms with Gasteiger partial charge in [-0.05, 0) is 41.8 Å². The van der Waals surface area contributed by atoms with Gasteiger partial charge in [0, 0.05) is 26.2 Å². The summed E-state index contributed by atoms with van der Waals surface area (Å²) in [4.78, 5) is 11.8. The van der Waals surface area contributed by atoms with Crippen molar-refractivity contribution in [3.05, 3.63) is 52.0 Å². The molecule has 2 aliphatic rings. The Hall–Kier alpha value is -2.78. The van der Waals surface area contributed by atoms with Crippen molar-refractivity contribution in [3.63, 3.8) is 0 Å². The van der Waals surface area contributed by atoms with Gasteiger partial charge in [-0.2, -0.15) is 4.31 Å². The quantitative estimate of drug-likeness (QED) is 0.662. The monoisotopic (exact) mass is 388 g/mol. The predicted octanol–water partition coefficient (Wildman–Crippen LogP) is 1.61. The maximum atomic E-state index is 13.1. The highest BCUT2D eigenvalue weighted by atomic mass is 32.2. The number of benzene rings is 2. The van der Waals surface area contributed by atoms with Crippen LogP contribution in [0.1, 0.15) is 11.1 Å². The molecule has 0 amide bonds. The van der Waals surface area contributed by atoms with E-state index in [0.717, 1.165) is 11.1 Å². The molecule has 27 heavy (non-hydrogen) atoms. The second-order valence-corrected chi connectivity index (χ2v) is 8.56. The topological polar surface area (TPSA) is 91.0 Å². The number of ether oxygens (including phenoxy) is 2. The first-order valence-electron chi connectivity index (χ1n) is 8.44. The maximum absolute atomic E-state index is 13.1. The number of aromatic nitrogens is 1. The molecule has 5 rings (SSSR count). The molecule has 0 spiro atoms. The third-order valence-corrected chi connectivity index (χ3v) is 6.91. The Labute approximate surface area is 154 Å². The van der Waals surface area contributed by atoms with E-state index >= 15 is 0 Å². The second-order valence-electron chi connectivity index (χ2n) is 6.62. The third kappa shape index (κ3) is 2.46. The molecule has 0 unspecified atom stereocenters. The fraction of sp³-hybridized carbons (Fsp3) is 0.278. The van der Waals surface area contributed by atoms with E-state index in [-0.39, 0.29) is 23.8 Å². The molecule has 0 N–H and O–H groups in total. The third-order valence-electron chi connectivity index (χ3n) is 5.07. The van der Waals surface area contributed by atoms with Crippen LogP contribution in [0, 0.1) is 0 Å². The van der Waals surface area contributed by atoms with Crippen LogP contribution in [0.15, 0.2) is 44.4 Å². The van der Waals surface area contributed by atoms with Gasteiger partial charge in [0.1, 0.15) is 0 Å². The molecular weight excluding hydrogens is 372 g/mol. The van der Waals surface area contributed by atoms with Gasteiger partial charge in [-0.15, -0.1) is 0 Å². The van der Waals surface area contributed by atoms with Crippen LogP contribution in [0.25, 0.3) is 11.1 Å². The first kappa shape index (κ1) is 16.4. The van der Waals surface area contributed by atoms with Crippen molar-refractivity contribution < 1.29 is 22.3 Å². The van der Waals surface area contributed by atoms with Crippen LogP contribution < -0.4 is 15.2 Å². The molecule has 140 valence electrons. The number of sulfonamides is 1. The summed E-state index contributed by atoms with van der Waals surface area (Å²) in [5, 5.41) is 0. The number of hydrogen-bond donors (Lipinski definition) is 0. The van der Waals surface area contributed by atoms with Crippen molar-refractivity contribution in [2.75, 3.05) is 13.3 Å². The van der Waals surface area contributed by atoms with Crippen molar-refractivity contribution in [2.24, 2.45) is 7.05 Å². The van der Waals surface area contributed by atoms with Crippen LogP contribution >= 0.6 is 0 Å². The first-order valence-corrected chi connectivity index (χ1v) is 9.88. The zero-order valence-corrected chi connectivity index (χ0v) is 15.3. The fourth-order valence-electron chi connectivity index (χ4n) is 3.55. The Balaban J connectivity index is 1.51. The van der Waals surface area contributed by atoms with E-state index < -0.39 is 15.8 Å². The standard InChI is InChI=1S/C18H16N2O6S/c1-19-14-3-2-13(8-15(14)26-18(19)21)27(22,23)20-5-4-11-6-16-17(25-10-24-16)7-12(11)9-20/h2-3,6-8H,4-5,9-10H2,1H3. The highest BCUT2D eigenvalue weighted by molar-refractivity contribution is 7.89. The zero-order valence-electron chi connectivity index (χ0n) is 14.5. The SMILES string of the molecule is Cn1c(=O)oc2cc(S(=O)(=O)N3CCc4cc5c(cc4C3)OCO5)ccc21. The van der Waals surface area contributed by atoms with Gasteiger partial charge in [0.25, 0.3) is 0 Å². The molecule has 8 nitrogen and oxygen atoms in total. The number of rotatable bonds is 2. The van der Waals surface area contributed by atoms with Crippen molar-refractivity contribution in [3.8, 4) is 11.5 Å². The molecule has 2 aliphatic heterocycles. The zero-order chi connectivity index (χ0) is 18.8. The lowest BCUT2D eigenvalue weighted by atomic mass is 10.0. The van der Waals surface area contributed by atoms with E-state index in [0.29, 0.717) is 30.0 Å². The molecular formula is C18H16N2O6S. The van der Waals surface area contributed by atoms with Crippen LogP contribution in [0.3, 0.4) is 0 Å². The van der Waals surface area contributed by atoms with Gasteiger partial charge in [-0.3, -0.25) is 4.57 Å². The van der Waals surface area contributed by atoms with Crippen LogP contribution in [0.4, 0.5) is 0 Å². The fourth-order valence-corrected chi connectivity index (χ4v) is 4.98. The molecule has 3 aromatic rings. The van der Waals surface area contributed by atoms with Gasteiger partial charge in [0.2, 0.25) is 16.8 Å². The van der Waals surface area contributed by atoms with Crippen molar-refractivity contribution in [1.82, 2.24) is 8.87 Å². The van der Waals surface area contributed by atoms with Crippen LogP contribution in [0.2, 0.25) is 0 Å². The predicted molar refractivity (Wildman–Crippen MR) is 95.3 cm³/mol. The van der Waals surface area contributed by atoms with E-state index in [2.05, 4.69) is 0 Å². The molecule has 2 aromatic carbocycles. The Morgan fingerprint density at radius 3 is 2.56 bits per heavy atom.